The number of nitrogens with zero attached hydrogens (tertiary/aromatic N) is 4. The highest BCUT2D eigenvalue weighted by Gasteiger charge is 2.37. The summed E-state index contributed by atoms with van der Waals surface area (Å²) < 4.78 is 62.1. The second-order valence-corrected chi connectivity index (χ2v) is 10.0. The van der Waals surface area contributed by atoms with E-state index >= 15 is 0 Å². The second-order valence-electron chi connectivity index (χ2n) is 8.71. The van der Waals surface area contributed by atoms with Crippen LogP contribution in [0, 0.1) is 24.1 Å². The molecule has 8 nitrogen and oxygen atoms in total. The molecule has 0 amide bonds. The predicted octanol–water partition coefficient (Wildman–Crippen LogP) is 6.44. The van der Waals surface area contributed by atoms with E-state index in [1.165, 1.54) is 35.9 Å². The number of thiophene rings is 1. The number of alkyl halides is 3. The van der Waals surface area contributed by atoms with Gasteiger partial charge in [-0.2, -0.15) is 18.4 Å². The molecule has 0 spiro atoms. The van der Waals surface area contributed by atoms with Crippen LogP contribution >= 0.6 is 22.9 Å². The minimum atomic E-state index is -5.09. The third-order valence-corrected chi connectivity index (χ3v) is 7.52. The smallest absolute Gasteiger partial charge is 0.419 e. The van der Waals surface area contributed by atoms with Gasteiger partial charge in [0.05, 0.1) is 38.8 Å². The number of fused-ring (bicyclic) bond motifs is 2. The highest BCUT2D eigenvalue weighted by atomic mass is 35.5. The molecule has 0 bridgehead atoms. The van der Waals surface area contributed by atoms with Gasteiger partial charge in [-0.25, -0.2) is 14.2 Å². The number of aromatic nitrogens is 3. The number of pyridine rings is 1. The zero-order valence-corrected chi connectivity index (χ0v) is 22.3. The van der Waals surface area contributed by atoms with Crippen molar-refractivity contribution < 1.29 is 32.2 Å². The fraction of sp³-hybridized carbons (Fsp3) is 0.148. The standard InChI is InChI=1S/C27H15ClF4N4O4S/c1-12-35-19-9-18(27(30,31)32)22(29)16(10-33)21(19)25(37)36(12)6-7-40-20-3-2-13(28)8-15(20)14-4-5-34-23-17(26(38)39)11-41-24(14)23/h2-5,8-9,11H,6-7H2,1H3,(H,38,39). The molecule has 3 heterocycles. The van der Waals surface area contributed by atoms with Crippen molar-refractivity contribution in [2.45, 2.75) is 19.6 Å². The molecule has 5 rings (SSSR count). The first kappa shape index (κ1) is 28.0. The Morgan fingerprint density at radius 2 is 2.00 bits per heavy atom. The molecule has 0 fully saturated rings. The molecular weight excluding hydrogens is 588 g/mol. The number of rotatable bonds is 6. The maximum Gasteiger partial charge on any atom is 0.419 e. The molecule has 2 aromatic carbocycles. The van der Waals surface area contributed by atoms with Crippen LogP contribution in [-0.2, 0) is 12.7 Å². The summed E-state index contributed by atoms with van der Waals surface area (Å²) in [5, 5.41) is 20.1. The first-order valence-electron chi connectivity index (χ1n) is 11.7. The van der Waals surface area contributed by atoms with E-state index in [4.69, 9.17) is 16.3 Å². The lowest BCUT2D eigenvalue weighted by Gasteiger charge is -2.16. The molecule has 0 aliphatic carbocycles. The minimum absolute atomic E-state index is 0.0293. The van der Waals surface area contributed by atoms with Gasteiger partial charge in [-0.1, -0.05) is 11.6 Å². The largest absolute Gasteiger partial charge is 0.491 e. The van der Waals surface area contributed by atoms with E-state index in [9.17, 15) is 37.5 Å². The van der Waals surface area contributed by atoms with Crippen LogP contribution in [0.2, 0.25) is 5.02 Å². The Hall–Kier alpha value is -4.54. The van der Waals surface area contributed by atoms with E-state index in [-0.39, 0.29) is 24.5 Å². The lowest BCUT2D eigenvalue weighted by atomic mass is 10.0. The Bertz CT molecular complexity index is 1980. The van der Waals surface area contributed by atoms with Crippen molar-refractivity contribution in [3.63, 3.8) is 0 Å². The Kier molecular flexibility index (Phi) is 7.14. The summed E-state index contributed by atoms with van der Waals surface area (Å²) in [6.45, 7) is 1.12. The number of halogens is 5. The number of ether oxygens (including phenoxy) is 1. The normalized spacial score (nSPS) is 11.6. The lowest BCUT2D eigenvalue weighted by molar-refractivity contribution is -0.139. The maximum atomic E-state index is 14.6. The molecule has 1 N–H and O–H groups in total. The summed E-state index contributed by atoms with van der Waals surface area (Å²) in [6.07, 6.45) is -3.63. The first-order chi connectivity index (χ1) is 19.4. The molecule has 3 aromatic heterocycles. The van der Waals surface area contributed by atoms with E-state index in [0.717, 1.165) is 4.57 Å². The van der Waals surface area contributed by atoms with E-state index < -0.39 is 45.6 Å². The second kappa shape index (κ2) is 10.5. The van der Waals surface area contributed by atoms with E-state index in [1.54, 1.807) is 24.3 Å². The van der Waals surface area contributed by atoms with Gasteiger partial charge >= 0.3 is 12.1 Å². The highest BCUT2D eigenvalue weighted by Crippen LogP contribution is 2.40. The topological polar surface area (TPSA) is 118 Å². The van der Waals surface area contributed by atoms with Gasteiger partial charge in [0.2, 0.25) is 0 Å². The molecule has 208 valence electrons. The van der Waals surface area contributed by atoms with Crippen LogP contribution in [-0.4, -0.2) is 32.2 Å². The molecule has 0 saturated carbocycles. The third kappa shape index (κ3) is 4.96. The molecular formula is C27H15ClF4N4O4S. The summed E-state index contributed by atoms with van der Waals surface area (Å²) in [7, 11) is 0. The Morgan fingerprint density at radius 1 is 1.24 bits per heavy atom. The number of nitriles is 1. The Labute approximate surface area is 236 Å². The molecule has 5 aromatic rings. The van der Waals surface area contributed by atoms with Gasteiger partial charge in [0.25, 0.3) is 5.56 Å². The van der Waals surface area contributed by atoms with Crippen LogP contribution in [0.4, 0.5) is 17.6 Å². The number of hydrogen-bond donors (Lipinski definition) is 1. The van der Waals surface area contributed by atoms with Crippen molar-refractivity contribution in [2.24, 2.45) is 0 Å². The van der Waals surface area contributed by atoms with Crippen LogP contribution in [0.25, 0.3) is 32.2 Å². The molecule has 14 heteroatoms. The number of benzene rings is 2. The average molecular weight is 603 g/mol. The van der Waals surface area contributed by atoms with Gasteiger partial charge in [-0.3, -0.25) is 14.3 Å². The Balaban J connectivity index is 1.51. The van der Waals surface area contributed by atoms with E-state index in [1.807, 2.05) is 0 Å². The lowest BCUT2D eigenvalue weighted by Crippen LogP contribution is -2.28. The SMILES string of the molecule is Cc1nc2cc(C(F)(F)F)c(F)c(C#N)c2c(=O)n1CCOc1ccc(Cl)cc1-c1ccnc2c(C(=O)O)csc12. The molecule has 0 aliphatic rings. The van der Waals surface area contributed by atoms with Gasteiger partial charge in [0.15, 0.2) is 5.82 Å². The van der Waals surface area contributed by atoms with Crippen molar-refractivity contribution in [1.82, 2.24) is 14.5 Å². The van der Waals surface area contributed by atoms with Crippen molar-refractivity contribution in [2.75, 3.05) is 6.61 Å². The number of carboxylic acid groups (broad SMARTS) is 1. The Morgan fingerprint density at radius 3 is 2.68 bits per heavy atom. The predicted molar refractivity (Wildman–Crippen MR) is 143 cm³/mol. The maximum absolute atomic E-state index is 14.6. The van der Waals surface area contributed by atoms with Crippen molar-refractivity contribution in [3.8, 4) is 22.9 Å². The number of aryl methyl sites for hydroxylation is 1. The van der Waals surface area contributed by atoms with Crippen molar-refractivity contribution >= 4 is 50.0 Å². The summed E-state index contributed by atoms with van der Waals surface area (Å²) in [5.41, 5.74) is -2.59. The first-order valence-corrected chi connectivity index (χ1v) is 12.9. The summed E-state index contributed by atoms with van der Waals surface area (Å²) in [4.78, 5) is 33.0. The molecule has 0 radical (unpaired) electrons. The van der Waals surface area contributed by atoms with E-state index in [0.29, 0.717) is 38.2 Å². The summed E-state index contributed by atoms with van der Waals surface area (Å²) >= 11 is 7.43. The van der Waals surface area contributed by atoms with Gasteiger partial charge in [-0.05, 0) is 37.3 Å². The molecule has 0 atom stereocenters. The fourth-order valence-electron chi connectivity index (χ4n) is 4.42. The number of carboxylic acids is 1. The van der Waals surface area contributed by atoms with Gasteiger partial charge < -0.3 is 9.84 Å². The van der Waals surface area contributed by atoms with Crippen LogP contribution in [0.15, 0.2) is 46.7 Å². The molecule has 0 aliphatic heterocycles. The quantitative estimate of drug-likeness (QED) is 0.222. The van der Waals surface area contributed by atoms with Crippen LogP contribution in [0.1, 0.15) is 27.3 Å². The van der Waals surface area contributed by atoms with Crippen molar-refractivity contribution in [3.05, 3.63) is 85.6 Å². The third-order valence-electron chi connectivity index (χ3n) is 6.28. The monoisotopic (exact) mass is 602 g/mol. The fourth-order valence-corrected chi connectivity index (χ4v) is 5.62. The number of carbonyl (C=O) groups is 1. The van der Waals surface area contributed by atoms with Crippen LogP contribution in [0.3, 0.4) is 0 Å². The van der Waals surface area contributed by atoms with Gasteiger partial charge in [0, 0.05) is 27.7 Å². The molecule has 41 heavy (non-hydrogen) atoms. The number of aromatic carboxylic acids is 1. The van der Waals surface area contributed by atoms with Crippen molar-refractivity contribution in [1.29, 1.82) is 5.26 Å². The highest BCUT2D eigenvalue weighted by molar-refractivity contribution is 7.18. The van der Waals surface area contributed by atoms with Crippen LogP contribution in [0.5, 0.6) is 5.75 Å². The van der Waals surface area contributed by atoms with Gasteiger partial charge in [-0.15, -0.1) is 11.3 Å². The zero-order chi connectivity index (χ0) is 29.6. The average Bonchev–Trinajstić information content (AvgIpc) is 3.35. The minimum Gasteiger partial charge on any atom is -0.491 e. The van der Waals surface area contributed by atoms with Gasteiger partial charge in [0.1, 0.15) is 29.8 Å². The number of hydrogen-bond acceptors (Lipinski definition) is 7. The van der Waals surface area contributed by atoms with Crippen LogP contribution < -0.4 is 10.3 Å². The van der Waals surface area contributed by atoms with E-state index in [2.05, 4.69) is 9.97 Å². The molecule has 0 unspecified atom stereocenters. The zero-order valence-electron chi connectivity index (χ0n) is 20.7. The summed E-state index contributed by atoms with van der Waals surface area (Å²) in [6, 6.07) is 8.24. The summed E-state index contributed by atoms with van der Waals surface area (Å²) in [5.74, 6) is -2.60. The molecule has 0 saturated heterocycles.